The van der Waals surface area contributed by atoms with Crippen molar-refractivity contribution in [3.8, 4) is 5.13 Å². The number of nitrogens with one attached hydrogen (secondary N) is 1. The number of thiazole rings is 1. The number of halogens is 1. The van der Waals surface area contributed by atoms with E-state index in [4.69, 9.17) is 0 Å². The van der Waals surface area contributed by atoms with Crippen LogP contribution in [-0.4, -0.2) is 20.7 Å². The monoisotopic (exact) mass is 392 g/mol. The second kappa shape index (κ2) is 6.24. The fourth-order valence-corrected chi connectivity index (χ4v) is 4.84. The maximum absolute atomic E-state index is 14.5. The average molecular weight is 392 g/mol. The molecule has 140 valence electrons. The van der Waals surface area contributed by atoms with Crippen molar-refractivity contribution in [3.63, 3.8) is 0 Å². The Kier molecular flexibility index (Phi) is 3.80. The molecule has 1 amide bonds. The van der Waals surface area contributed by atoms with Crippen molar-refractivity contribution in [2.75, 3.05) is 5.32 Å². The van der Waals surface area contributed by atoms with Gasteiger partial charge in [0.15, 0.2) is 0 Å². The molecule has 2 aromatic carbocycles. The molecule has 2 aromatic heterocycles. The number of carbonyl (C=O) groups is 1. The van der Waals surface area contributed by atoms with Gasteiger partial charge in [0.25, 0.3) is 0 Å². The van der Waals surface area contributed by atoms with Gasteiger partial charge in [0, 0.05) is 17.9 Å². The topological polar surface area (TPSA) is 59.8 Å². The standard InChI is InChI=1S/C21H17FN4OS/c1-11-7-8-16-17(9-11)28-21(23-16)26-20-19(12(2)25-26)14(10-18(27)24-20)13-5-3-4-6-15(13)22/h3-9,14H,10H2,1-2H3,(H,24,27). The molecule has 0 aliphatic carbocycles. The van der Waals surface area contributed by atoms with Crippen molar-refractivity contribution >= 4 is 33.3 Å². The Bertz CT molecular complexity index is 1240. The molecule has 1 unspecified atom stereocenters. The Labute approximate surface area is 164 Å². The highest BCUT2D eigenvalue weighted by molar-refractivity contribution is 7.20. The highest BCUT2D eigenvalue weighted by atomic mass is 32.1. The zero-order valence-corrected chi connectivity index (χ0v) is 16.2. The van der Waals surface area contributed by atoms with Gasteiger partial charge in [-0.05, 0) is 43.2 Å². The molecule has 0 fully saturated rings. The van der Waals surface area contributed by atoms with Crippen molar-refractivity contribution in [3.05, 3.63) is 70.7 Å². The normalized spacial score (nSPS) is 16.2. The number of nitrogens with zero attached hydrogens (tertiary/aromatic N) is 3. The summed E-state index contributed by atoms with van der Waals surface area (Å²) in [5.41, 5.74) is 4.18. The van der Waals surface area contributed by atoms with Crippen molar-refractivity contribution in [2.45, 2.75) is 26.2 Å². The second-order valence-corrected chi connectivity index (χ2v) is 8.06. The van der Waals surface area contributed by atoms with Crippen LogP contribution in [0.25, 0.3) is 15.3 Å². The maximum Gasteiger partial charge on any atom is 0.226 e. The van der Waals surface area contributed by atoms with Crippen molar-refractivity contribution in [1.29, 1.82) is 0 Å². The molecule has 28 heavy (non-hydrogen) atoms. The van der Waals surface area contributed by atoms with E-state index in [9.17, 15) is 9.18 Å². The molecule has 1 N–H and O–H groups in total. The summed E-state index contributed by atoms with van der Waals surface area (Å²) < 4.78 is 17.2. The van der Waals surface area contributed by atoms with Gasteiger partial charge in [-0.1, -0.05) is 35.6 Å². The van der Waals surface area contributed by atoms with Crippen molar-refractivity contribution in [2.24, 2.45) is 0 Å². The molecule has 1 aliphatic heterocycles. The Balaban J connectivity index is 1.69. The van der Waals surface area contributed by atoms with E-state index in [0.29, 0.717) is 16.5 Å². The molecule has 5 nitrogen and oxygen atoms in total. The molecular weight excluding hydrogens is 375 g/mol. The van der Waals surface area contributed by atoms with E-state index < -0.39 is 0 Å². The van der Waals surface area contributed by atoms with Crippen LogP contribution in [0.1, 0.15) is 34.7 Å². The second-order valence-electron chi connectivity index (χ2n) is 7.05. The summed E-state index contributed by atoms with van der Waals surface area (Å²) in [5, 5.41) is 8.26. The van der Waals surface area contributed by atoms with Crippen molar-refractivity contribution in [1.82, 2.24) is 14.8 Å². The predicted molar refractivity (Wildman–Crippen MR) is 108 cm³/mol. The number of aryl methyl sites for hydroxylation is 2. The smallest absolute Gasteiger partial charge is 0.226 e. The number of anilines is 1. The third-order valence-corrected chi connectivity index (χ3v) is 6.09. The van der Waals surface area contributed by atoms with Gasteiger partial charge in [-0.3, -0.25) is 4.79 Å². The van der Waals surface area contributed by atoms with Crippen LogP contribution in [0.5, 0.6) is 0 Å². The van der Waals surface area contributed by atoms with Gasteiger partial charge >= 0.3 is 0 Å². The molecule has 4 aromatic rings. The summed E-state index contributed by atoms with van der Waals surface area (Å²) in [7, 11) is 0. The molecule has 0 saturated heterocycles. The van der Waals surface area contributed by atoms with Crippen LogP contribution in [0, 0.1) is 19.7 Å². The van der Waals surface area contributed by atoms with Crippen LogP contribution in [0.15, 0.2) is 42.5 Å². The van der Waals surface area contributed by atoms with Crippen molar-refractivity contribution < 1.29 is 9.18 Å². The molecule has 7 heteroatoms. The summed E-state index contributed by atoms with van der Waals surface area (Å²) in [6, 6.07) is 12.7. The molecule has 1 atom stereocenters. The first kappa shape index (κ1) is 17.1. The minimum atomic E-state index is -0.365. The Hall–Kier alpha value is -3.06. The van der Waals surface area contributed by atoms with Gasteiger partial charge in [-0.15, -0.1) is 0 Å². The number of hydrogen-bond acceptors (Lipinski definition) is 4. The van der Waals surface area contributed by atoms with Gasteiger partial charge < -0.3 is 5.32 Å². The van der Waals surface area contributed by atoms with Gasteiger partial charge in [0.1, 0.15) is 11.6 Å². The van der Waals surface area contributed by atoms with Crippen LogP contribution in [0.3, 0.4) is 0 Å². The fraction of sp³-hybridized carbons (Fsp3) is 0.190. The zero-order chi connectivity index (χ0) is 19.4. The van der Waals surface area contributed by atoms with E-state index in [1.54, 1.807) is 22.9 Å². The molecule has 5 rings (SSSR count). The van der Waals surface area contributed by atoms with Gasteiger partial charge in [0.05, 0.1) is 15.9 Å². The zero-order valence-electron chi connectivity index (χ0n) is 15.4. The first-order valence-corrected chi connectivity index (χ1v) is 9.84. The lowest BCUT2D eigenvalue weighted by Gasteiger charge is -2.24. The molecular formula is C21H17FN4OS. The van der Waals surface area contributed by atoms with E-state index in [1.165, 1.54) is 17.4 Å². The number of fused-ring (bicyclic) bond motifs is 2. The summed E-state index contributed by atoms with van der Waals surface area (Å²) in [6.45, 7) is 3.93. The first-order valence-electron chi connectivity index (χ1n) is 9.02. The minimum absolute atomic E-state index is 0.154. The van der Waals surface area contributed by atoms with Crippen LogP contribution in [0.4, 0.5) is 10.2 Å². The summed E-state index contributed by atoms with van der Waals surface area (Å²) >= 11 is 1.52. The van der Waals surface area contributed by atoms with Gasteiger partial charge in [0.2, 0.25) is 11.0 Å². The van der Waals surface area contributed by atoms with Crippen LogP contribution < -0.4 is 5.32 Å². The van der Waals surface area contributed by atoms with Crippen LogP contribution >= 0.6 is 11.3 Å². The quantitative estimate of drug-likeness (QED) is 0.537. The highest BCUT2D eigenvalue weighted by Gasteiger charge is 2.34. The molecule has 0 saturated carbocycles. The predicted octanol–water partition coefficient (Wildman–Crippen LogP) is 4.71. The Morgan fingerprint density at radius 1 is 1.21 bits per heavy atom. The average Bonchev–Trinajstić information content (AvgIpc) is 3.22. The number of carbonyl (C=O) groups excluding carboxylic acids is 1. The Morgan fingerprint density at radius 2 is 2.04 bits per heavy atom. The molecule has 1 aliphatic rings. The summed E-state index contributed by atoms with van der Waals surface area (Å²) in [4.78, 5) is 17.1. The third kappa shape index (κ3) is 2.62. The first-order chi connectivity index (χ1) is 13.5. The minimum Gasteiger partial charge on any atom is -0.310 e. The number of aromatic nitrogens is 3. The fourth-order valence-electron chi connectivity index (χ4n) is 3.82. The van der Waals surface area contributed by atoms with Gasteiger partial charge in [-0.25, -0.2) is 9.37 Å². The Morgan fingerprint density at radius 3 is 2.86 bits per heavy atom. The number of amides is 1. The summed E-state index contributed by atoms with van der Waals surface area (Å²) in [6.07, 6.45) is 0.194. The SMILES string of the molecule is Cc1ccc2nc(-n3nc(C)c4c3NC(=O)CC4c3ccccc3F)sc2c1. The van der Waals surface area contributed by atoms with E-state index in [-0.39, 0.29) is 24.1 Å². The van der Waals surface area contributed by atoms with E-state index in [2.05, 4.69) is 21.5 Å². The highest BCUT2D eigenvalue weighted by Crippen LogP contribution is 2.41. The number of benzene rings is 2. The van der Waals surface area contributed by atoms with E-state index in [0.717, 1.165) is 27.0 Å². The molecule has 3 heterocycles. The van der Waals surface area contributed by atoms with E-state index in [1.807, 2.05) is 26.0 Å². The number of hydrogen-bond donors (Lipinski definition) is 1. The molecule has 0 bridgehead atoms. The third-order valence-electron chi connectivity index (χ3n) is 5.10. The van der Waals surface area contributed by atoms with Gasteiger partial charge in [-0.2, -0.15) is 9.78 Å². The lowest BCUT2D eigenvalue weighted by Crippen LogP contribution is -2.25. The maximum atomic E-state index is 14.5. The lowest BCUT2D eigenvalue weighted by atomic mass is 9.85. The number of rotatable bonds is 2. The largest absolute Gasteiger partial charge is 0.310 e. The van der Waals surface area contributed by atoms with E-state index >= 15 is 0 Å². The molecule has 0 radical (unpaired) electrons. The van der Waals surface area contributed by atoms with Crippen LogP contribution in [0.2, 0.25) is 0 Å². The summed E-state index contributed by atoms with van der Waals surface area (Å²) in [5.74, 6) is -0.247. The van der Waals surface area contributed by atoms with Crippen LogP contribution in [-0.2, 0) is 4.79 Å². The lowest BCUT2D eigenvalue weighted by molar-refractivity contribution is -0.116. The molecule has 0 spiro atoms.